The molecule has 4 N–H and O–H groups in total. The van der Waals surface area contributed by atoms with Gasteiger partial charge in [0.2, 0.25) is 6.29 Å². The fourth-order valence-corrected chi connectivity index (χ4v) is 0.397. The second-order valence-electron chi connectivity index (χ2n) is 1.66. The van der Waals surface area contributed by atoms with Crippen LogP contribution in [-0.4, -0.2) is 18.9 Å². The molecule has 8 heavy (non-hydrogen) atoms. The summed E-state index contributed by atoms with van der Waals surface area (Å²) in [5, 5.41) is 0. The summed E-state index contributed by atoms with van der Waals surface area (Å²) in [4.78, 5) is 9.72. The van der Waals surface area contributed by atoms with Gasteiger partial charge in [0.1, 0.15) is 0 Å². The summed E-state index contributed by atoms with van der Waals surface area (Å²) in [6.45, 7) is 0.593. The van der Waals surface area contributed by atoms with Crippen molar-refractivity contribution in [3.63, 3.8) is 0 Å². The van der Waals surface area contributed by atoms with E-state index in [1.165, 1.54) is 0 Å². The van der Waals surface area contributed by atoms with Crippen molar-refractivity contribution in [1.82, 2.24) is 0 Å². The highest BCUT2D eigenvalue weighted by Crippen LogP contribution is 1.87. The van der Waals surface area contributed by atoms with E-state index in [1.807, 2.05) is 0 Å². The zero-order chi connectivity index (χ0) is 6.41. The van der Waals surface area contributed by atoms with Crippen LogP contribution < -0.4 is 11.5 Å². The lowest BCUT2D eigenvalue weighted by atomic mass is 10.2. The molecule has 47 valence electrons. The van der Waals surface area contributed by atoms with Crippen molar-refractivity contribution in [2.24, 2.45) is 11.5 Å². The van der Waals surface area contributed by atoms with Crippen molar-refractivity contribution in [3.8, 4) is 0 Å². The maximum absolute atomic E-state index is 9.72. The van der Waals surface area contributed by atoms with Gasteiger partial charge in [0.05, 0.1) is 6.04 Å². The molecule has 3 nitrogen and oxygen atoms in total. The van der Waals surface area contributed by atoms with Gasteiger partial charge in [-0.2, -0.15) is 0 Å². The van der Waals surface area contributed by atoms with Crippen LogP contribution in [0.4, 0.5) is 0 Å². The Hall–Kier alpha value is -0.410. The summed E-state index contributed by atoms with van der Waals surface area (Å²) >= 11 is 0. The minimum atomic E-state index is -0.432. The molecule has 0 heterocycles. The first kappa shape index (κ1) is 7.59. The summed E-state index contributed by atoms with van der Waals surface area (Å²) in [5.74, 6) is 0. The molecule has 0 aliphatic rings. The van der Waals surface area contributed by atoms with Gasteiger partial charge in [0, 0.05) is 0 Å². The molecule has 0 saturated carbocycles. The Balaban J connectivity index is 2.98. The Labute approximate surface area is 49.0 Å². The zero-order valence-corrected chi connectivity index (χ0v) is 4.76. The summed E-state index contributed by atoms with van der Waals surface area (Å²) in [7, 11) is 0. The van der Waals surface area contributed by atoms with Gasteiger partial charge in [-0.1, -0.05) is 0 Å². The van der Waals surface area contributed by atoms with Crippen LogP contribution >= 0.6 is 0 Å². The molecule has 0 saturated heterocycles. The smallest absolute Gasteiger partial charge is 0.216 e. The molecule has 0 aromatic carbocycles. The minimum Gasteiger partial charge on any atom is -0.330 e. The third-order valence-electron chi connectivity index (χ3n) is 0.871. The normalized spacial score (nSPS) is 13.2. The van der Waals surface area contributed by atoms with Gasteiger partial charge in [0.25, 0.3) is 0 Å². The van der Waals surface area contributed by atoms with Gasteiger partial charge in [0.15, 0.2) is 0 Å². The van der Waals surface area contributed by atoms with Crippen LogP contribution in [0.1, 0.15) is 12.8 Å². The molecule has 0 amide bonds. The van der Waals surface area contributed by atoms with E-state index in [9.17, 15) is 4.79 Å². The fraction of sp³-hybridized carbons (Fsp3) is 0.800. The molecular formula is C5H11N2O. The van der Waals surface area contributed by atoms with E-state index in [0.717, 1.165) is 6.42 Å². The van der Waals surface area contributed by atoms with Crippen molar-refractivity contribution in [2.45, 2.75) is 18.9 Å². The summed E-state index contributed by atoms with van der Waals surface area (Å²) in [6, 6.07) is -0.432. The van der Waals surface area contributed by atoms with E-state index in [2.05, 4.69) is 0 Å². The van der Waals surface area contributed by atoms with Crippen LogP contribution in [0.15, 0.2) is 0 Å². The maximum Gasteiger partial charge on any atom is 0.216 e. The van der Waals surface area contributed by atoms with E-state index >= 15 is 0 Å². The van der Waals surface area contributed by atoms with Gasteiger partial charge in [-0.3, -0.25) is 4.79 Å². The third kappa shape index (κ3) is 3.77. The Morgan fingerprint density at radius 2 is 2.25 bits per heavy atom. The Morgan fingerprint density at radius 1 is 1.62 bits per heavy atom. The minimum absolute atomic E-state index is 0.432. The molecular weight excluding hydrogens is 104 g/mol. The van der Waals surface area contributed by atoms with Gasteiger partial charge in [-0.05, 0) is 19.4 Å². The SMILES string of the molecule is NCCCC(N)[C]=O. The average Bonchev–Trinajstić information content (AvgIpc) is 1.83. The molecule has 0 bridgehead atoms. The average molecular weight is 115 g/mol. The van der Waals surface area contributed by atoms with Crippen molar-refractivity contribution in [2.75, 3.05) is 6.54 Å². The van der Waals surface area contributed by atoms with Crippen LogP contribution in [0, 0.1) is 0 Å². The number of hydrogen-bond donors (Lipinski definition) is 2. The van der Waals surface area contributed by atoms with Gasteiger partial charge in [-0.15, -0.1) is 0 Å². The maximum atomic E-state index is 9.72. The summed E-state index contributed by atoms with van der Waals surface area (Å²) in [5.41, 5.74) is 10.3. The van der Waals surface area contributed by atoms with E-state index in [0.29, 0.717) is 13.0 Å². The number of rotatable bonds is 4. The monoisotopic (exact) mass is 115 g/mol. The summed E-state index contributed by atoms with van der Waals surface area (Å²) < 4.78 is 0. The third-order valence-corrected chi connectivity index (χ3v) is 0.871. The zero-order valence-electron chi connectivity index (χ0n) is 4.76. The molecule has 0 aliphatic carbocycles. The van der Waals surface area contributed by atoms with Crippen molar-refractivity contribution in [3.05, 3.63) is 0 Å². The van der Waals surface area contributed by atoms with Crippen LogP contribution in [0.2, 0.25) is 0 Å². The lowest BCUT2D eigenvalue weighted by Crippen LogP contribution is -2.22. The van der Waals surface area contributed by atoms with Gasteiger partial charge < -0.3 is 11.5 Å². The first-order chi connectivity index (χ1) is 3.81. The second-order valence-corrected chi connectivity index (χ2v) is 1.66. The molecule has 0 aromatic rings. The Kier molecular flexibility index (Phi) is 4.50. The van der Waals surface area contributed by atoms with E-state index < -0.39 is 6.04 Å². The number of carbonyl (C=O) groups excluding carboxylic acids is 1. The van der Waals surface area contributed by atoms with E-state index in [1.54, 1.807) is 6.29 Å². The van der Waals surface area contributed by atoms with Gasteiger partial charge in [-0.25, -0.2) is 0 Å². The molecule has 1 atom stereocenters. The van der Waals surface area contributed by atoms with Crippen molar-refractivity contribution >= 4 is 6.29 Å². The molecule has 3 heteroatoms. The van der Waals surface area contributed by atoms with Crippen LogP contribution in [0.3, 0.4) is 0 Å². The predicted molar refractivity (Wildman–Crippen MR) is 32.0 cm³/mol. The molecule has 0 fully saturated rings. The largest absolute Gasteiger partial charge is 0.330 e. The molecule has 1 radical (unpaired) electrons. The Morgan fingerprint density at radius 3 is 2.62 bits per heavy atom. The molecule has 0 spiro atoms. The number of nitrogens with two attached hydrogens (primary N) is 2. The first-order valence-corrected chi connectivity index (χ1v) is 2.64. The topological polar surface area (TPSA) is 69.1 Å². The quantitative estimate of drug-likeness (QED) is 0.502. The highest BCUT2D eigenvalue weighted by molar-refractivity contribution is 5.57. The van der Waals surface area contributed by atoms with E-state index in [4.69, 9.17) is 11.5 Å². The molecule has 0 aromatic heterocycles. The Bertz CT molecular complexity index is 65.4. The molecule has 0 aliphatic heterocycles. The predicted octanol–water partition coefficient (Wildman–Crippen LogP) is -0.838. The van der Waals surface area contributed by atoms with Crippen molar-refractivity contribution in [1.29, 1.82) is 0 Å². The number of hydrogen-bond acceptors (Lipinski definition) is 3. The van der Waals surface area contributed by atoms with Crippen LogP contribution in [0.5, 0.6) is 0 Å². The van der Waals surface area contributed by atoms with Crippen molar-refractivity contribution < 1.29 is 4.79 Å². The molecule has 0 rings (SSSR count). The van der Waals surface area contributed by atoms with Crippen LogP contribution in [-0.2, 0) is 4.79 Å². The first-order valence-electron chi connectivity index (χ1n) is 2.64. The lowest BCUT2D eigenvalue weighted by Gasteiger charge is -1.97. The fourth-order valence-electron chi connectivity index (χ4n) is 0.397. The highest BCUT2D eigenvalue weighted by Gasteiger charge is 1.97. The van der Waals surface area contributed by atoms with Gasteiger partial charge >= 0.3 is 0 Å². The standard InChI is InChI=1S/C5H11N2O/c6-3-1-2-5(7)4-8/h5H,1-3,6-7H2. The van der Waals surface area contributed by atoms with E-state index in [-0.39, 0.29) is 0 Å². The lowest BCUT2D eigenvalue weighted by molar-refractivity contribution is 0.533. The highest BCUT2D eigenvalue weighted by atomic mass is 16.1. The van der Waals surface area contributed by atoms with Crippen LogP contribution in [0.25, 0.3) is 0 Å². The second kappa shape index (κ2) is 4.74. The molecule has 1 unspecified atom stereocenters. The summed E-state index contributed by atoms with van der Waals surface area (Å²) in [6.07, 6.45) is 3.13.